The van der Waals surface area contributed by atoms with Gasteiger partial charge in [0.15, 0.2) is 0 Å². The minimum Gasteiger partial charge on any atom is -0.396 e. The van der Waals surface area contributed by atoms with E-state index in [2.05, 4.69) is 34.6 Å². The second kappa shape index (κ2) is 4.10. The maximum atomic E-state index is 8.90. The SMILES string of the molecule is CC(CO)C(C)CC(C)(C)C. The summed E-state index contributed by atoms with van der Waals surface area (Å²) >= 11 is 0. The van der Waals surface area contributed by atoms with E-state index in [4.69, 9.17) is 5.11 Å². The zero-order chi connectivity index (χ0) is 9.07. The highest BCUT2D eigenvalue weighted by Gasteiger charge is 2.18. The molecule has 0 aliphatic carbocycles. The quantitative estimate of drug-likeness (QED) is 0.669. The molecular formula is C10H22O. The van der Waals surface area contributed by atoms with Crippen molar-refractivity contribution in [2.45, 2.75) is 41.0 Å². The molecule has 68 valence electrons. The topological polar surface area (TPSA) is 20.2 Å². The summed E-state index contributed by atoms with van der Waals surface area (Å²) in [5.74, 6) is 1.06. The van der Waals surface area contributed by atoms with Gasteiger partial charge >= 0.3 is 0 Å². The predicted molar refractivity (Wildman–Crippen MR) is 49.5 cm³/mol. The van der Waals surface area contributed by atoms with Crippen molar-refractivity contribution in [2.75, 3.05) is 6.61 Å². The third kappa shape index (κ3) is 5.25. The molecule has 0 bridgehead atoms. The van der Waals surface area contributed by atoms with Crippen LogP contribution in [0.4, 0.5) is 0 Å². The van der Waals surface area contributed by atoms with Gasteiger partial charge in [-0.2, -0.15) is 0 Å². The number of rotatable bonds is 3. The fraction of sp³-hybridized carbons (Fsp3) is 1.00. The molecule has 1 N–H and O–H groups in total. The first-order valence-electron chi connectivity index (χ1n) is 4.47. The summed E-state index contributed by atoms with van der Waals surface area (Å²) < 4.78 is 0. The van der Waals surface area contributed by atoms with Gasteiger partial charge in [0.25, 0.3) is 0 Å². The van der Waals surface area contributed by atoms with Crippen LogP contribution in [0.1, 0.15) is 41.0 Å². The van der Waals surface area contributed by atoms with Gasteiger partial charge in [-0.05, 0) is 23.7 Å². The van der Waals surface area contributed by atoms with Crippen LogP contribution in [0.2, 0.25) is 0 Å². The van der Waals surface area contributed by atoms with Crippen LogP contribution in [0, 0.1) is 17.3 Å². The fourth-order valence-electron chi connectivity index (χ4n) is 1.35. The predicted octanol–water partition coefficient (Wildman–Crippen LogP) is 2.69. The molecule has 2 atom stereocenters. The molecule has 0 spiro atoms. The maximum Gasteiger partial charge on any atom is 0.0459 e. The smallest absolute Gasteiger partial charge is 0.0459 e. The van der Waals surface area contributed by atoms with Gasteiger partial charge in [-0.15, -0.1) is 0 Å². The van der Waals surface area contributed by atoms with Crippen molar-refractivity contribution >= 4 is 0 Å². The van der Waals surface area contributed by atoms with Gasteiger partial charge in [0.1, 0.15) is 0 Å². The number of hydrogen-bond donors (Lipinski definition) is 1. The van der Waals surface area contributed by atoms with Crippen LogP contribution < -0.4 is 0 Å². The highest BCUT2D eigenvalue weighted by molar-refractivity contribution is 4.69. The van der Waals surface area contributed by atoms with E-state index >= 15 is 0 Å². The molecule has 0 saturated carbocycles. The highest BCUT2D eigenvalue weighted by Crippen LogP contribution is 2.28. The lowest BCUT2D eigenvalue weighted by Gasteiger charge is -2.26. The van der Waals surface area contributed by atoms with Gasteiger partial charge in [0.2, 0.25) is 0 Å². The van der Waals surface area contributed by atoms with Crippen molar-refractivity contribution in [1.29, 1.82) is 0 Å². The average Bonchev–Trinajstić information content (AvgIpc) is 1.82. The van der Waals surface area contributed by atoms with Crippen LogP contribution in [0.5, 0.6) is 0 Å². The van der Waals surface area contributed by atoms with E-state index in [1.807, 2.05) is 0 Å². The molecule has 0 rings (SSSR count). The van der Waals surface area contributed by atoms with Crippen molar-refractivity contribution in [3.8, 4) is 0 Å². The maximum absolute atomic E-state index is 8.90. The van der Waals surface area contributed by atoms with Crippen LogP contribution in [0.3, 0.4) is 0 Å². The summed E-state index contributed by atoms with van der Waals surface area (Å²) in [6, 6.07) is 0. The molecule has 0 heterocycles. The van der Waals surface area contributed by atoms with E-state index in [1.54, 1.807) is 0 Å². The van der Waals surface area contributed by atoms with Crippen molar-refractivity contribution < 1.29 is 5.11 Å². The monoisotopic (exact) mass is 158 g/mol. The van der Waals surface area contributed by atoms with E-state index in [9.17, 15) is 0 Å². The van der Waals surface area contributed by atoms with Crippen LogP contribution >= 0.6 is 0 Å². The first kappa shape index (κ1) is 11.0. The molecule has 0 radical (unpaired) electrons. The number of aliphatic hydroxyl groups is 1. The molecule has 0 aromatic rings. The van der Waals surface area contributed by atoms with Crippen LogP contribution in [-0.4, -0.2) is 11.7 Å². The first-order chi connectivity index (χ1) is 4.87. The summed E-state index contributed by atoms with van der Waals surface area (Å²) in [4.78, 5) is 0. The Hall–Kier alpha value is -0.0400. The summed E-state index contributed by atoms with van der Waals surface area (Å²) in [6.07, 6.45) is 1.19. The van der Waals surface area contributed by atoms with Crippen molar-refractivity contribution in [1.82, 2.24) is 0 Å². The Morgan fingerprint density at radius 1 is 1.09 bits per heavy atom. The molecule has 0 aromatic carbocycles. The van der Waals surface area contributed by atoms with Crippen molar-refractivity contribution in [3.05, 3.63) is 0 Å². The summed E-state index contributed by atoms with van der Waals surface area (Å²) in [7, 11) is 0. The summed E-state index contributed by atoms with van der Waals surface area (Å²) in [6.45, 7) is 11.4. The van der Waals surface area contributed by atoms with E-state index in [-0.39, 0.29) is 0 Å². The zero-order valence-corrected chi connectivity index (χ0v) is 8.52. The molecular weight excluding hydrogens is 136 g/mol. The van der Waals surface area contributed by atoms with Crippen molar-refractivity contribution in [2.24, 2.45) is 17.3 Å². The lowest BCUT2D eigenvalue weighted by atomic mass is 9.80. The average molecular weight is 158 g/mol. The standard InChI is InChI=1S/C10H22O/c1-8(9(2)7-11)6-10(3,4)5/h8-9,11H,6-7H2,1-5H3. The molecule has 11 heavy (non-hydrogen) atoms. The highest BCUT2D eigenvalue weighted by atomic mass is 16.3. The largest absolute Gasteiger partial charge is 0.396 e. The minimum atomic E-state index is 0.317. The molecule has 2 unspecified atom stereocenters. The Morgan fingerprint density at radius 2 is 1.55 bits per heavy atom. The lowest BCUT2D eigenvalue weighted by Crippen LogP contribution is -2.18. The fourth-order valence-corrected chi connectivity index (χ4v) is 1.35. The normalized spacial score (nSPS) is 18.0. The molecule has 1 nitrogen and oxygen atoms in total. The molecule has 0 fully saturated rings. The Balaban J connectivity index is 3.77. The van der Waals surface area contributed by atoms with E-state index < -0.39 is 0 Å². The lowest BCUT2D eigenvalue weighted by molar-refractivity contribution is 0.164. The van der Waals surface area contributed by atoms with Crippen LogP contribution in [-0.2, 0) is 0 Å². The van der Waals surface area contributed by atoms with E-state index in [0.717, 1.165) is 0 Å². The Morgan fingerprint density at radius 3 is 1.82 bits per heavy atom. The molecule has 0 aliphatic heterocycles. The van der Waals surface area contributed by atoms with Gasteiger partial charge in [0.05, 0.1) is 0 Å². The summed E-state index contributed by atoms with van der Waals surface area (Å²) in [5, 5.41) is 8.90. The number of aliphatic hydroxyl groups excluding tert-OH is 1. The Kier molecular flexibility index (Phi) is 4.09. The third-order valence-corrected chi connectivity index (χ3v) is 2.19. The Bertz CT molecular complexity index is 102. The summed E-state index contributed by atoms with van der Waals surface area (Å²) in [5.41, 5.74) is 0.392. The molecule has 0 amide bonds. The van der Waals surface area contributed by atoms with E-state index in [0.29, 0.717) is 23.9 Å². The molecule has 0 aromatic heterocycles. The molecule has 0 saturated heterocycles. The van der Waals surface area contributed by atoms with Gasteiger partial charge in [-0.3, -0.25) is 0 Å². The van der Waals surface area contributed by atoms with Gasteiger partial charge in [-0.1, -0.05) is 34.6 Å². The zero-order valence-electron chi connectivity index (χ0n) is 8.52. The molecule has 0 aliphatic rings. The molecule has 1 heteroatoms. The minimum absolute atomic E-state index is 0.317. The van der Waals surface area contributed by atoms with Gasteiger partial charge in [0, 0.05) is 6.61 Å². The van der Waals surface area contributed by atoms with Gasteiger partial charge < -0.3 is 5.11 Å². The third-order valence-electron chi connectivity index (χ3n) is 2.19. The first-order valence-corrected chi connectivity index (χ1v) is 4.47. The second-order valence-electron chi connectivity index (χ2n) is 4.90. The van der Waals surface area contributed by atoms with E-state index in [1.165, 1.54) is 6.42 Å². The Labute approximate surface area is 70.8 Å². The second-order valence-corrected chi connectivity index (χ2v) is 4.90. The van der Waals surface area contributed by atoms with Gasteiger partial charge in [-0.25, -0.2) is 0 Å². The van der Waals surface area contributed by atoms with Crippen molar-refractivity contribution in [3.63, 3.8) is 0 Å². The number of hydrogen-bond acceptors (Lipinski definition) is 1. The van der Waals surface area contributed by atoms with Crippen LogP contribution in [0.15, 0.2) is 0 Å². The van der Waals surface area contributed by atoms with Crippen LogP contribution in [0.25, 0.3) is 0 Å².